The molecule has 1 N–H and O–H groups in total. The van der Waals surface area contributed by atoms with E-state index in [1.54, 1.807) is 42.5 Å². The van der Waals surface area contributed by atoms with Gasteiger partial charge in [-0.15, -0.1) is 0 Å². The van der Waals surface area contributed by atoms with Gasteiger partial charge in [-0.2, -0.15) is 5.10 Å². The number of benzene rings is 3. The average molecular weight is 508 g/mol. The van der Waals surface area contributed by atoms with Crippen LogP contribution in [0.25, 0.3) is 0 Å². The minimum atomic E-state index is -0.624. The minimum Gasteiger partial charge on any atom is -0.493 e. The van der Waals surface area contributed by atoms with Crippen LogP contribution in [-0.4, -0.2) is 31.8 Å². The van der Waals surface area contributed by atoms with Crippen molar-refractivity contribution in [3.05, 3.63) is 86.9 Å². The van der Waals surface area contributed by atoms with Crippen molar-refractivity contribution in [1.29, 1.82) is 0 Å². The van der Waals surface area contributed by atoms with Gasteiger partial charge in [0.2, 0.25) is 0 Å². The van der Waals surface area contributed by atoms with Crippen molar-refractivity contribution in [2.75, 3.05) is 13.7 Å². The van der Waals surface area contributed by atoms with Gasteiger partial charge in [-0.1, -0.05) is 34.8 Å². The van der Waals surface area contributed by atoms with E-state index < -0.39 is 11.9 Å². The molecular formula is C23H17Cl3N2O5. The summed E-state index contributed by atoms with van der Waals surface area (Å²) in [5.74, 6) is -0.0632. The lowest BCUT2D eigenvalue weighted by Crippen LogP contribution is -2.24. The zero-order chi connectivity index (χ0) is 23.8. The summed E-state index contributed by atoms with van der Waals surface area (Å²) in [6, 6.07) is 15.8. The van der Waals surface area contributed by atoms with Crippen LogP contribution >= 0.6 is 34.8 Å². The Balaban J connectivity index is 1.57. The Hall–Kier alpha value is -3.26. The van der Waals surface area contributed by atoms with Crippen LogP contribution in [0.15, 0.2) is 65.8 Å². The first-order valence-electron chi connectivity index (χ1n) is 9.41. The second kappa shape index (κ2) is 11.6. The maximum atomic E-state index is 12.4. The average Bonchev–Trinajstić information content (AvgIpc) is 2.81. The van der Waals surface area contributed by atoms with Crippen LogP contribution in [0.3, 0.4) is 0 Å². The monoisotopic (exact) mass is 506 g/mol. The molecule has 0 fully saturated rings. The molecule has 0 aliphatic carbocycles. The number of ether oxygens (including phenoxy) is 3. The molecular weight excluding hydrogens is 491 g/mol. The lowest BCUT2D eigenvalue weighted by molar-refractivity contribution is -0.123. The molecule has 0 unspecified atom stereocenters. The van der Waals surface area contributed by atoms with Gasteiger partial charge < -0.3 is 14.2 Å². The number of rotatable bonds is 8. The first kappa shape index (κ1) is 24.4. The number of nitrogens with one attached hydrogen (secondary N) is 1. The van der Waals surface area contributed by atoms with Crippen molar-refractivity contribution in [1.82, 2.24) is 5.43 Å². The Morgan fingerprint density at radius 2 is 1.70 bits per heavy atom. The Kier molecular flexibility index (Phi) is 8.54. The third-order valence-electron chi connectivity index (χ3n) is 4.13. The first-order valence-corrected chi connectivity index (χ1v) is 10.5. The highest BCUT2D eigenvalue weighted by molar-refractivity contribution is 6.42. The van der Waals surface area contributed by atoms with Crippen molar-refractivity contribution in [3.63, 3.8) is 0 Å². The zero-order valence-electron chi connectivity index (χ0n) is 17.2. The number of halogens is 3. The van der Waals surface area contributed by atoms with Crippen molar-refractivity contribution >= 4 is 52.9 Å². The zero-order valence-corrected chi connectivity index (χ0v) is 19.4. The smallest absolute Gasteiger partial charge is 0.343 e. The number of methoxy groups -OCH3 is 1. The minimum absolute atomic E-state index is 0.200. The summed E-state index contributed by atoms with van der Waals surface area (Å²) in [4.78, 5) is 24.3. The van der Waals surface area contributed by atoms with Crippen LogP contribution in [0.1, 0.15) is 15.9 Å². The molecule has 0 atom stereocenters. The van der Waals surface area contributed by atoms with Crippen LogP contribution in [0.4, 0.5) is 0 Å². The van der Waals surface area contributed by atoms with Gasteiger partial charge in [0.25, 0.3) is 5.91 Å². The quantitative estimate of drug-likeness (QED) is 0.191. The molecule has 3 aromatic rings. The van der Waals surface area contributed by atoms with Crippen LogP contribution in [0.5, 0.6) is 17.2 Å². The van der Waals surface area contributed by atoms with Gasteiger partial charge in [0.05, 0.1) is 28.9 Å². The van der Waals surface area contributed by atoms with E-state index in [1.165, 1.54) is 31.5 Å². The predicted octanol–water partition coefficient (Wildman–Crippen LogP) is 5.40. The molecule has 0 aliphatic rings. The number of hydrogen-bond acceptors (Lipinski definition) is 6. The molecule has 3 rings (SSSR count). The molecule has 33 heavy (non-hydrogen) atoms. The topological polar surface area (TPSA) is 86.2 Å². The first-order chi connectivity index (χ1) is 15.9. The van der Waals surface area contributed by atoms with Gasteiger partial charge in [-0.3, -0.25) is 4.79 Å². The molecule has 10 heteroatoms. The molecule has 0 heterocycles. The molecule has 1 amide bonds. The predicted molar refractivity (Wildman–Crippen MR) is 127 cm³/mol. The van der Waals surface area contributed by atoms with Crippen molar-refractivity contribution in [2.45, 2.75) is 0 Å². The van der Waals surface area contributed by atoms with Crippen molar-refractivity contribution < 1.29 is 23.8 Å². The van der Waals surface area contributed by atoms with Crippen LogP contribution in [0, 0.1) is 0 Å². The lowest BCUT2D eigenvalue weighted by Gasteiger charge is -2.10. The standard InChI is InChI=1S/C23H17Cl3N2O5/c1-31-21-10-14(12-27-28-22(29)13-32-17-6-4-16(24)5-7-17)2-9-20(21)33-23(30)15-3-8-18(25)19(26)11-15/h2-12H,13H2,1H3,(H,28,29)/b27-12-. The van der Waals surface area contributed by atoms with Crippen LogP contribution < -0.4 is 19.6 Å². The largest absolute Gasteiger partial charge is 0.493 e. The number of esters is 1. The lowest BCUT2D eigenvalue weighted by atomic mass is 10.2. The number of carbonyl (C=O) groups is 2. The van der Waals surface area contributed by atoms with E-state index >= 15 is 0 Å². The Labute approximate surface area is 204 Å². The van der Waals surface area contributed by atoms with Gasteiger partial charge in [0.1, 0.15) is 5.75 Å². The molecule has 3 aromatic carbocycles. The van der Waals surface area contributed by atoms with Crippen LogP contribution in [-0.2, 0) is 4.79 Å². The highest BCUT2D eigenvalue weighted by Crippen LogP contribution is 2.29. The van der Waals surface area contributed by atoms with E-state index in [-0.39, 0.29) is 22.9 Å². The van der Waals surface area contributed by atoms with E-state index in [1.807, 2.05) is 0 Å². The van der Waals surface area contributed by atoms with Gasteiger partial charge >= 0.3 is 5.97 Å². The summed E-state index contributed by atoms with van der Waals surface area (Å²) in [6.45, 7) is -0.216. The fourth-order valence-electron chi connectivity index (χ4n) is 2.52. The number of carbonyl (C=O) groups excluding carboxylic acids is 2. The highest BCUT2D eigenvalue weighted by atomic mass is 35.5. The highest BCUT2D eigenvalue weighted by Gasteiger charge is 2.14. The van der Waals surface area contributed by atoms with Crippen molar-refractivity contribution in [2.24, 2.45) is 5.10 Å². The maximum absolute atomic E-state index is 12.4. The molecule has 0 aliphatic heterocycles. The Bertz CT molecular complexity index is 1180. The summed E-state index contributed by atoms with van der Waals surface area (Å²) in [5.41, 5.74) is 3.19. The van der Waals surface area contributed by atoms with E-state index in [2.05, 4.69) is 10.5 Å². The molecule has 0 radical (unpaired) electrons. The van der Waals surface area contributed by atoms with Gasteiger partial charge in [-0.25, -0.2) is 10.2 Å². The van der Waals surface area contributed by atoms with E-state index in [0.29, 0.717) is 27.1 Å². The van der Waals surface area contributed by atoms with Gasteiger partial charge in [0.15, 0.2) is 18.1 Å². The number of hydrogen-bond donors (Lipinski definition) is 1. The maximum Gasteiger partial charge on any atom is 0.343 e. The summed E-state index contributed by atoms with van der Waals surface area (Å²) < 4.78 is 16.0. The second-order valence-corrected chi connectivity index (χ2v) is 7.72. The second-order valence-electron chi connectivity index (χ2n) is 6.46. The van der Waals surface area contributed by atoms with E-state index in [9.17, 15) is 9.59 Å². The molecule has 0 saturated carbocycles. The summed E-state index contributed by atoms with van der Waals surface area (Å²) in [6.07, 6.45) is 1.41. The fourth-order valence-corrected chi connectivity index (χ4v) is 2.95. The number of amides is 1. The van der Waals surface area contributed by atoms with Crippen molar-refractivity contribution in [3.8, 4) is 17.2 Å². The summed E-state index contributed by atoms with van der Waals surface area (Å²) in [5, 5.41) is 5.03. The third kappa shape index (κ3) is 7.12. The fraction of sp³-hybridized carbons (Fsp3) is 0.0870. The Morgan fingerprint density at radius 3 is 2.39 bits per heavy atom. The van der Waals surface area contributed by atoms with Crippen LogP contribution in [0.2, 0.25) is 15.1 Å². The van der Waals surface area contributed by atoms with E-state index in [0.717, 1.165) is 0 Å². The molecule has 0 spiro atoms. The number of hydrazone groups is 1. The molecule has 0 bridgehead atoms. The summed E-state index contributed by atoms with van der Waals surface area (Å²) in [7, 11) is 1.43. The Morgan fingerprint density at radius 1 is 0.939 bits per heavy atom. The summed E-state index contributed by atoms with van der Waals surface area (Å²) >= 11 is 17.6. The van der Waals surface area contributed by atoms with Gasteiger partial charge in [0, 0.05) is 5.02 Å². The molecule has 170 valence electrons. The molecule has 7 nitrogen and oxygen atoms in total. The third-order valence-corrected chi connectivity index (χ3v) is 5.12. The SMILES string of the molecule is COc1cc(/C=N\NC(=O)COc2ccc(Cl)cc2)ccc1OC(=O)c1ccc(Cl)c(Cl)c1. The van der Waals surface area contributed by atoms with Gasteiger partial charge in [-0.05, 0) is 66.2 Å². The normalized spacial score (nSPS) is 10.7. The van der Waals surface area contributed by atoms with E-state index in [4.69, 9.17) is 49.0 Å². The molecule has 0 aromatic heterocycles. The molecule has 0 saturated heterocycles. The number of nitrogens with zero attached hydrogens (tertiary/aromatic N) is 1.